The molecular weight excluding hydrogens is 320 g/mol. The molecule has 0 aromatic carbocycles. The van der Waals surface area contributed by atoms with Crippen LogP contribution in [-0.4, -0.2) is 22.0 Å². The lowest BCUT2D eigenvalue weighted by Crippen LogP contribution is -2.42. The number of aromatic amines is 1. The fourth-order valence-corrected chi connectivity index (χ4v) is 2.60. The summed E-state index contributed by atoms with van der Waals surface area (Å²) in [4.78, 5) is 41.1. The van der Waals surface area contributed by atoms with Gasteiger partial charge in [-0.1, -0.05) is 47.5 Å². The molecule has 1 aromatic heterocycles. The molecule has 1 amide bonds. The predicted molar refractivity (Wildman–Crippen MR) is 102 cm³/mol. The van der Waals surface area contributed by atoms with Crippen LogP contribution in [0.2, 0.25) is 0 Å². The van der Waals surface area contributed by atoms with Crippen LogP contribution in [0.4, 0.5) is 11.5 Å². The number of carbonyl (C=O) groups excluding carboxylic acids is 1. The molecule has 1 aromatic rings. The third-order valence-corrected chi connectivity index (χ3v) is 3.94. The smallest absolute Gasteiger partial charge is 0.330 e. The molecule has 1 rings (SSSR count). The van der Waals surface area contributed by atoms with E-state index in [0.29, 0.717) is 19.5 Å². The van der Waals surface area contributed by atoms with Gasteiger partial charge in [0, 0.05) is 19.5 Å². The molecule has 0 unspecified atom stereocenters. The summed E-state index contributed by atoms with van der Waals surface area (Å²) in [5.41, 5.74) is 4.90. The van der Waals surface area contributed by atoms with E-state index < -0.39 is 11.2 Å². The van der Waals surface area contributed by atoms with Gasteiger partial charge in [0.25, 0.3) is 5.56 Å². The average molecular weight is 352 g/mol. The van der Waals surface area contributed by atoms with Crippen molar-refractivity contribution in [3.63, 3.8) is 0 Å². The molecule has 0 atom stereocenters. The third kappa shape index (κ3) is 5.76. The standard InChI is InChI=1S/C18H32N4O3/c1-6-8-10-21(13(23)12-18(3,4)5)14-15(19)22(11-9-7-2)17(25)20-16(14)24/h6-12,19H2,1-5H3,(H,20,24,25). The molecule has 0 aliphatic carbocycles. The number of rotatable bonds is 8. The van der Waals surface area contributed by atoms with E-state index in [-0.39, 0.29) is 22.8 Å². The Kier molecular flexibility index (Phi) is 7.45. The second-order valence-electron chi connectivity index (χ2n) is 7.63. The van der Waals surface area contributed by atoms with Gasteiger partial charge in [-0.2, -0.15) is 0 Å². The number of nitrogens with one attached hydrogen (secondary N) is 1. The number of amides is 1. The summed E-state index contributed by atoms with van der Waals surface area (Å²) >= 11 is 0. The predicted octanol–water partition coefficient (Wildman–Crippen LogP) is 2.49. The first-order valence-corrected chi connectivity index (χ1v) is 9.05. The number of anilines is 2. The van der Waals surface area contributed by atoms with Gasteiger partial charge in [0.15, 0.2) is 5.69 Å². The van der Waals surface area contributed by atoms with Crippen LogP contribution in [0.15, 0.2) is 9.59 Å². The molecule has 0 radical (unpaired) electrons. The van der Waals surface area contributed by atoms with Crippen molar-refractivity contribution in [2.75, 3.05) is 17.2 Å². The van der Waals surface area contributed by atoms with Crippen LogP contribution in [0.1, 0.15) is 66.7 Å². The number of hydrogen-bond acceptors (Lipinski definition) is 4. The zero-order chi connectivity index (χ0) is 19.2. The maximum atomic E-state index is 12.8. The Morgan fingerprint density at radius 2 is 1.76 bits per heavy atom. The molecule has 0 spiro atoms. The summed E-state index contributed by atoms with van der Waals surface area (Å²) in [6, 6.07) is 0. The highest BCUT2D eigenvalue weighted by atomic mass is 16.2. The lowest BCUT2D eigenvalue weighted by atomic mass is 9.91. The molecule has 0 saturated carbocycles. The van der Waals surface area contributed by atoms with Gasteiger partial charge in [-0.25, -0.2) is 4.79 Å². The van der Waals surface area contributed by atoms with Crippen molar-refractivity contribution < 1.29 is 4.79 Å². The Morgan fingerprint density at radius 1 is 1.16 bits per heavy atom. The first kappa shape index (κ1) is 21.0. The van der Waals surface area contributed by atoms with Gasteiger partial charge in [0.1, 0.15) is 5.82 Å². The Balaban J connectivity index is 3.40. The second-order valence-corrected chi connectivity index (χ2v) is 7.63. The highest BCUT2D eigenvalue weighted by molar-refractivity contribution is 5.95. The summed E-state index contributed by atoms with van der Waals surface area (Å²) in [6.45, 7) is 10.8. The number of hydrogen-bond donors (Lipinski definition) is 2. The maximum absolute atomic E-state index is 12.8. The van der Waals surface area contributed by atoms with Gasteiger partial charge in [-0.3, -0.25) is 19.1 Å². The molecular formula is C18H32N4O3. The second kappa shape index (κ2) is 8.87. The molecule has 0 saturated heterocycles. The minimum absolute atomic E-state index is 0.0700. The number of aromatic nitrogens is 2. The van der Waals surface area contributed by atoms with Crippen LogP contribution in [0, 0.1) is 5.41 Å². The van der Waals surface area contributed by atoms with Crippen molar-refractivity contribution in [1.82, 2.24) is 9.55 Å². The SMILES string of the molecule is CCCCN(C(=O)CC(C)(C)C)c1c(N)n(CCCC)c(=O)[nH]c1=O. The molecule has 25 heavy (non-hydrogen) atoms. The number of unbranched alkanes of at least 4 members (excludes halogenated alkanes) is 2. The molecule has 7 nitrogen and oxygen atoms in total. The van der Waals surface area contributed by atoms with Gasteiger partial charge in [0.2, 0.25) is 5.91 Å². The number of nitrogens with two attached hydrogens (primary N) is 1. The highest BCUT2D eigenvalue weighted by Crippen LogP contribution is 2.24. The molecule has 0 bridgehead atoms. The normalized spacial score (nSPS) is 11.6. The van der Waals surface area contributed by atoms with Crippen molar-refractivity contribution in [3.8, 4) is 0 Å². The fraction of sp³-hybridized carbons (Fsp3) is 0.722. The topological polar surface area (TPSA) is 101 Å². The molecule has 0 aliphatic rings. The summed E-state index contributed by atoms with van der Waals surface area (Å²) in [5.74, 6) is -0.0839. The van der Waals surface area contributed by atoms with Crippen LogP contribution in [0.3, 0.4) is 0 Å². The third-order valence-electron chi connectivity index (χ3n) is 3.94. The number of carbonyl (C=O) groups is 1. The first-order valence-electron chi connectivity index (χ1n) is 9.05. The van der Waals surface area contributed by atoms with Crippen molar-refractivity contribution >= 4 is 17.4 Å². The monoisotopic (exact) mass is 352 g/mol. The maximum Gasteiger partial charge on any atom is 0.330 e. The Morgan fingerprint density at radius 3 is 2.28 bits per heavy atom. The van der Waals surface area contributed by atoms with E-state index in [1.54, 1.807) is 0 Å². The Hall–Kier alpha value is -2.05. The largest absolute Gasteiger partial charge is 0.383 e. The zero-order valence-corrected chi connectivity index (χ0v) is 16.1. The van der Waals surface area contributed by atoms with Gasteiger partial charge in [-0.15, -0.1) is 0 Å². The van der Waals surface area contributed by atoms with Crippen molar-refractivity contribution in [1.29, 1.82) is 0 Å². The van der Waals surface area contributed by atoms with Gasteiger partial charge >= 0.3 is 5.69 Å². The van der Waals surface area contributed by atoms with E-state index in [2.05, 4.69) is 4.98 Å². The van der Waals surface area contributed by atoms with Crippen molar-refractivity contribution in [2.24, 2.45) is 5.41 Å². The lowest BCUT2D eigenvalue weighted by molar-refractivity contribution is -0.120. The molecule has 0 fully saturated rings. The minimum atomic E-state index is -0.603. The highest BCUT2D eigenvalue weighted by Gasteiger charge is 2.26. The molecule has 3 N–H and O–H groups in total. The van der Waals surface area contributed by atoms with E-state index in [9.17, 15) is 14.4 Å². The minimum Gasteiger partial charge on any atom is -0.383 e. The van der Waals surface area contributed by atoms with E-state index in [1.165, 1.54) is 9.47 Å². The summed E-state index contributed by atoms with van der Waals surface area (Å²) in [6.07, 6.45) is 3.59. The van der Waals surface area contributed by atoms with E-state index >= 15 is 0 Å². The van der Waals surface area contributed by atoms with Gasteiger partial charge < -0.3 is 10.6 Å². The Bertz CT molecular complexity index is 698. The Labute approximate surface area is 149 Å². The van der Waals surface area contributed by atoms with Crippen LogP contribution >= 0.6 is 0 Å². The van der Waals surface area contributed by atoms with E-state index in [0.717, 1.165) is 25.7 Å². The van der Waals surface area contributed by atoms with Crippen molar-refractivity contribution in [2.45, 2.75) is 73.3 Å². The average Bonchev–Trinajstić information content (AvgIpc) is 2.48. The fourth-order valence-electron chi connectivity index (χ4n) is 2.60. The van der Waals surface area contributed by atoms with E-state index in [1.807, 2.05) is 34.6 Å². The quantitative estimate of drug-likeness (QED) is 0.750. The van der Waals surface area contributed by atoms with Gasteiger partial charge in [0.05, 0.1) is 0 Å². The van der Waals surface area contributed by atoms with E-state index in [4.69, 9.17) is 5.73 Å². The van der Waals surface area contributed by atoms with Gasteiger partial charge in [-0.05, 0) is 18.3 Å². The summed E-state index contributed by atoms with van der Waals surface area (Å²) < 4.78 is 1.35. The summed E-state index contributed by atoms with van der Waals surface area (Å²) in [7, 11) is 0. The molecule has 0 aliphatic heterocycles. The summed E-state index contributed by atoms with van der Waals surface area (Å²) in [5, 5.41) is 0. The molecule has 1 heterocycles. The van der Waals surface area contributed by atoms with Crippen LogP contribution in [0.25, 0.3) is 0 Å². The van der Waals surface area contributed by atoms with Crippen molar-refractivity contribution in [3.05, 3.63) is 20.8 Å². The zero-order valence-electron chi connectivity index (χ0n) is 16.1. The number of H-pyrrole nitrogens is 1. The number of nitrogens with zero attached hydrogens (tertiary/aromatic N) is 2. The van der Waals surface area contributed by atoms with Crippen LogP contribution in [-0.2, 0) is 11.3 Å². The van der Waals surface area contributed by atoms with Crippen LogP contribution in [0.5, 0.6) is 0 Å². The lowest BCUT2D eigenvalue weighted by Gasteiger charge is -2.27. The number of nitrogen functional groups attached to an aromatic ring is 1. The first-order chi connectivity index (χ1) is 11.6. The van der Waals surface area contributed by atoms with Crippen LogP contribution < -0.4 is 21.9 Å². The molecule has 7 heteroatoms. The molecule has 142 valence electrons.